The molecule has 6 heteroatoms. The molecule has 1 aliphatic carbocycles. The summed E-state index contributed by atoms with van der Waals surface area (Å²) in [6.45, 7) is 18.5. The van der Waals surface area contributed by atoms with Crippen molar-refractivity contribution in [3.63, 3.8) is 0 Å². The standard InChI is InChI=1S/C43H69N3O2.3CH3.Co/c1-7-11-15-20-36-28-34(5)42(47)38(30-36)32-44-40-22-16-17-23-41(40)45-33-39-31-37(29-35(6)43(39)48)21-18-19-27-46(24-12-8-2,25-13-9-3)26-14-10-4;;;;/h28-33,40-41H,7-27H2,1-6H3,(H-,44,45,47,48);3*1H3;/q;3*-1;/p+1. The van der Waals surface area contributed by atoms with E-state index in [9.17, 15) is 10.2 Å². The molecule has 1 aliphatic rings. The molecule has 1 radical (unpaired) electrons. The van der Waals surface area contributed by atoms with Crippen LogP contribution in [0.25, 0.3) is 0 Å². The fourth-order valence-corrected chi connectivity index (χ4v) is 7.55. The number of phenols is 2. The molecule has 0 saturated heterocycles. The molecule has 301 valence electrons. The molecule has 2 N–H and O–H groups in total. The summed E-state index contributed by atoms with van der Waals surface area (Å²) < 4.78 is 1.30. The summed E-state index contributed by atoms with van der Waals surface area (Å²) in [4.78, 5) is 10.1. The minimum Gasteiger partial charge on any atom is -0.507 e. The van der Waals surface area contributed by atoms with Gasteiger partial charge in [0, 0.05) is 40.3 Å². The van der Waals surface area contributed by atoms with Gasteiger partial charge >= 0.3 is 0 Å². The third-order valence-corrected chi connectivity index (χ3v) is 10.7. The Balaban J connectivity index is 0. The maximum atomic E-state index is 11.0. The molecule has 0 aliphatic heterocycles. The van der Waals surface area contributed by atoms with Crippen LogP contribution in [0.3, 0.4) is 0 Å². The van der Waals surface area contributed by atoms with Crippen molar-refractivity contribution in [3.05, 3.63) is 79.9 Å². The van der Waals surface area contributed by atoms with E-state index in [1.54, 1.807) is 0 Å². The van der Waals surface area contributed by atoms with Gasteiger partial charge in [-0.25, -0.2) is 0 Å². The normalized spacial score (nSPS) is 15.9. The Kier molecular flexibility index (Phi) is 28.3. The van der Waals surface area contributed by atoms with Crippen LogP contribution in [0.2, 0.25) is 0 Å². The van der Waals surface area contributed by atoms with Crippen LogP contribution in [0, 0.1) is 36.1 Å². The van der Waals surface area contributed by atoms with Gasteiger partial charge in [-0.3, -0.25) is 9.98 Å². The van der Waals surface area contributed by atoms with Gasteiger partial charge in [0.15, 0.2) is 0 Å². The molecule has 52 heavy (non-hydrogen) atoms. The molecular formula is C46H79CoN3O2-2. The molecule has 2 aromatic carbocycles. The number of hydrogen-bond acceptors (Lipinski definition) is 4. The van der Waals surface area contributed by atoms with Crippen molar-refractivity contribution in [1.82, 2.24) is 0 Å². The largest absolute Gasteiger partial charge is 0.507 e. The smallest absolute Gasteiger partial charge is 0.127 e. The topological polar surface area (TPSA) is 65.2 Å². The first-order valence-corrected chi connectivity index (χ1v) is 19.8. The van der Waals surface area contributed by atoms with Gasteiger partial charge < -0.3 is 37.0 Å². The van der Waals surface area contributed by atoms with Gasteiger partial charge in [-0.05, 0) is 112 Å². The summed E-state index contributed by atoms with van der Waals surface area (Å²) in [5.74, 6) is 0.673. The van der Waals surface area contributed by atoms with Gasteiger partial charge in [0.1, 0.15) is 11.5 Å². The number of rotatable bonds is 22. The fourth-order valence-electron chi connectivity index (χ4n) is 7.55. The predicted molar refractivity (Wildman–Crippen MR) is 227 cm³/mol. The summed E-state index contributed by atoms with van der Waals surface area (Å²) in [6.07, 6.45) is 24.0. The second kappa shape index (κ2) is 28.3. The Morgan fingerprint density at radius 2 is 0.942 bits per heavy atom. The number of benzene rings is 2. The molecule has 1 saturated carbocycles. The fraction of sp³-hybridized carbons (Fsp3) is 0.630. The van der Waals surface area contributed by atoms with Crippen LogP contribution in [0.1, 0.15) is 157 Å². The number of aryl methyl sites for hydroxylation is 4. The maximum absolute atomic E-state index is 11.0. The molecule has 3 rings (SSSR count). The third kappa shape index (κ3) is 16.9. The third-order valence-electron chi connectivity index (χ3n) is 10.7. The van der Waals surface area contributed by atoms with Crippen molar-refractivity contribution in [2.24, 2.45) is 9.98 Å². The molecule has 2 aromatic rings. The molecule has 1 fully saturated rings. The van der Waals surface area contributed by atoms with Crippen LogP contribution in [0.15, 0.2) is 34.3 Å². The van der Waals surface area contributed by atoms with Crippen LogP contribution in [0.5, 0.6) is 11.5 Å². The van der Waals surface area contributed by atoms with Crippen molar-refractivity contribution < 1.29 is 31.5 Å². The SMILES string of the molecule is CCCCCc1cc(C)c(O)c(C=NC2CCCCC2N=Cc2cc(CCCC[N+](CCCC)(CCCC)CCCC)cc(C)c2O)c1.[CH3-].[CH3-].[CH3-].[Co]. The van der Waals surface area contributed by atoms with E-state index in [0.29, 0.717) is 11.5 Å². The summed E-state index contributed by atoms with van der Waals surface area (Å²) in [5.41, 5.74) is 6.04. The van der Waals surface area contributed by atoms with Gasteiger partial charge in [-0.15, -0.1) is 0 Å². The van der Waals surface area contributed by atoms with Gasteiger partial charge in [0.2, 0.25) is 0 Å². The Labute approximate surface area is 333 Å². The molecule has 0 amide bonds. The van der Waals surface area contributed by atoms with Gasteiger partial charge in [0.25, 0.3) is 0 Å². The van der Waals surface area contributed by atoms with Crippen molar-refractivity contribution in [2.45, 2.75) is 163 Å². The first-order valence-electron chi connectivity index (χ1n) is 19.8. The van der Waals surface area contributed by atoms with Gasteiger partial charge in [-0.1, -0.05) is 84.8 Å². The first kappa shape index (κ1) is 52.0. The number of aliphatic imine (C=N–C) groups is 2. The van der Waals surface area contributed by atoms with Crippen molar-refractivity contribution in [1.29, 1.82) is 0 Å². The molecule has 0 heterocycles. The minimum absolute atomic E-state index is 0. The molecule has 0 spiro atoms. The second-order valence-corrected chi connectivity index (χ2v) is 14.9. The second-order valence-electron chi connectivity index (χ2n) is 14.9. The average Bonchev–Trinajstić information content (AvgIpc) is 3.09. The molecular weight excluding hydrogens is 685 g/mol. The van der Waals surface area contributed by atoms with E-state index in [0.717, 1.165) is 60.8 Å². The van der Waals surface area contributed by atoms with E-state index >= 15 is 0 Å². The number of nitrogens with zero attached hydrogens (tertiary/aromatic N) is 3. The monoisotopic (exact) mass is 765 g/mol. The van der Waals surface area contributed by atoms with Gasteiger partial charge in [0.05, 0.1) is 38.3 Å². The Morgan fingerprint density at radius 1 is 0.577 bits per heavy atom. The number of phenolic OH excluding ortho intramolecular Hbond substituents is 2. The van der Waals surface area contributed by atoms with Gasteiger partial charge in [-0.2, -0.15) is 0 Å². The molecule has 0 aromatic heterocycles. The van der Waals surface area contributed by atoms with E-state index in [1.807, 2.05) is 26.3 Å². The molecule has 0 bridgehead atoms. The Bertz CT molecular complexity index is 1270. The van der Waals surface area contributed by atoms with E-state index < -0.39 is 0 Å². The van der Waals surface area contributed by atoms with E-state index in [-0.39, 0.29) is 51.1 Å². The summed E-state index contributed by atoms with van der Waals surface area (Å²) in [7, 11) is 0. The van der Waals surface area contributed by atoms with Crippen LogP contribution in [-0.2, 0) is 29.6 Å². The zero-order valence-electron chi connectivity index (χ0n) is 35.0. The van der Waals surface area contributed by atoms with Crippen LogP contribution >= 0.6 is 0 Å². The molecule has 5 nitrogen and oxygen atoms in total. The van der Waals surface area contributed by atoms with Crippen molar-refractivity contribution in [2.75, 3.05) is 26.2 Å². The molecule has 2 atom stereocenters. The summed E-state index contributed by atoms with van der Waals surface area (Å²) in [5, 5.41) is 21.8. The Hall–Kier alpha value is -2.15. The number of unbranched alkanes of at least 4 members (excludes halogenated alkanes) is 6. The zero-order valence-corrected chi connectivity index (χ0v) is 36.1. The number of aromatic hydroxyl groups is 2. The van der Waals surface area contributed by atoms with Crippen LogP contribution < -0.4 is 0 Å². The predicted octanol–water partition coefficient (Wildman–Crippen LogP) is 12.2. The van der Waals surface area contributed by atoms with E-state index in [4.69, 9.17) is 9.98 Å². The van der Waals surface area contributed by atoms with E-state index in [2.05, 4.69) is 52.0 Å². The Morgan fingerprint density at radius 3 is 1.33 bits per heavy atom. The quantitative estimate of drug-likeness (QED) is 0.0543. The van der Waals surface area contributed by atoms with E-state index in [1.165, 1.54) is 112 Å². The first-order chi connectivity index (χ1) is 23.3. The van der Waals surface area contributed by atoms with Crippen molar-refractivity contribution >= 4 is 12.4 Å². The average molecular weight is 765 g/mol. The summed E-state index contributed by atoms with van der Waals surface area (Å²) >= 11 is 0. The zero-order chi connectivity index (χ0) is 34.8. The van der Waals surface area contributed by atoms with Crippen LogP contribution in [0.4, 0.5) is 0 Å². The molecule has 2 unspecified atom stereocenters. The van der Waals surface area contributed by atoms with Crippen molar-refractivity contribution in [3.8, 4) is 11.5 Å². The minimum atomic E-state index is 0. The number of quaternary nitrogens is 1. The number of hydrogen-bond donors (Lipinski definition) is 2. The van der Waals surface area contributed by atoms with Crippen LogP contribution in [-0.4, -0.2) is 65.4 Å². The summed E-state index contributed by atoms with van der Waals surface area (Å²) in [6, 6.07) is 8.70. The maximum Gasteiger partial charge on any atom is 0.127 e.